The lowest BCUT2D eigenvalue weighted by molar-refractivity contribution is -0.122. The number of imide groups is 1. The van der Waals surface area contributed by atoms with Gasteiger partial charge in [0, 0.05) is 27.8 Å². The molecule has 5 heteroatoms. The van der Waals surface area contributed by atoms with E-state index in [1.807, 2.05) is 55.5 Å². The van der Waals surface area contributed by atoms with Crippen LogP contribution in [0, 0.1) is 17.8 Å². The second-order valence-electron chi connectivity index (χ2n) is 9.34. The highest BCUT2D eigenvalue weighted by atomic mass is 16.5. The minimum atomic E-state index is -0.438. The van der Waals surface area contributed by atoms with Crippen LogP contribution in [0.1, 0.15) is 18.4 Å². The molecule has 2 amide bonds. The number of H-pyrrole nitrogens is 1. The molecular formula is C28H22N2O3. The molecule has 0 saturated carbocycles. The van der Waals surface area contributed by atoms with Crippen LogP contribution in [0.5, 0.6) is 5.75 Å². The number of anilines is 1. The number of aromatic amines is 1. The first-order valence-corrected chi connectivity index (χ1v) is 11.4. The second kappa shape index (κ2) is 6.58. The molecule has 0 unspecified atom stereocenters. The smallest absolute Gasteiger partial charge is 0.238 e. The predicted molar refractivity (Wildman–Crippen MR) is 127 cm³/mol. The summed E-state index contributed by atoms with van der Waals surface area (Å²) in [6.45, 7) is 2.49. The van der Waals surface area contributed by atoms with Crippen LogP contribution in [0.4, 0.5) is 5.69 Å². The molecular weight excluding hydrogens is 412 g/mol. The van der Waals surface area contributed by atoms with Crippen LogP contribution in [0.15, 0.2) is 78.4 Å². The number of allylic oxidation sites excluding steroid dienone is 1. The Balaban J connectivity index is 1.46. The van der Waals surface area contributed by atoms with Gasteiger partial charge < -0.3 is 9.72 Å². The molecule has 0 bridgehead atoms. The van der Waals surface area contributed by atoms with Gasteiger partial charge in [0.15, 0.2) is 0 Å². The normalized spacial score (nSPS) is 26.1. The summed E-state index contributed by atoms with van der Waals surface area (Å²) < 4.78 is 6.17. The molecule has 162 valence electrons. The molecule has 5 nitrogen and oxygen atoms in total. The Morgan fingerprint density at radius 3 is 2.48 bits per heavy atom. The van der Waals surface area contributed by atoms with E-state index in [0.717, 1.165) is 38.7 Å². The van der Waals surface area contributed by atoms with E-state index in [9.17, 15) is 9.59 Å². The molecule has 33 heavy (non-hydrogen) atoms. The van der Waals surface area contributed by atoms with Gasteiger partial charge in [0.25, 0.3) is 0 Å². The maximum Gasteiger partial charge on any atom is 0.238 e. The van der Waals surface area contributed by atoms with Crippen LogP contribution in [0.2, 0.25) is 0 Å². The number of amides is 2. The number of ether oxygens (including phenoxy) is 1. The molecule has 0 spiro atoms. The van der Waals surface area contributed by atoms with E-state index in [1.54, 1.807) is 0 Å². The first kappa shape index (κ1) is 18.7. The summed E-state index contributed by atoms with van der Waals surface area (Å²) in [5.74, 6) is -0.446. The number of aromatic nitrogens is 1. The standard InChI is InChI=1S/C28H22N2O3/c1-15-13-16-14-33-21-12-11-19-18-9-5-6-10-20(18)29-26(19)24(21)23(16)25-22(15)27(31)30(28(25)32)17-7-3-2-4-8-17/h2-13,15,22-23,25,29H,14H2,1H3/t15-,22-,23-,25-/m0/s1. The Hall–Kier alpha value is -3.86. The number of nitrogens with one attached hydrogen (secondary N) is 1. The summed E-state index contributed by atoms with van der Waals surface area (Å²) in [6.07, 6.45) is 2.16. The molecule has 1 aromatic heterocycles. The van der Waals surface area contributed by atoms with E-state index in [1.165, 1.54) is 4.90 Å². The van der Waals surface area contributed by atoms with Gasteiger partial charge in [0.05, 0.1) is 23.0 Å². The number of carbonyl (C=O) groups is 2. The highest BCUT2D eigenvalue weighted by Gasteiger charge is 2.57. The van der Waals surface area contributed by atoms with Gasteiger partial charge in [0.1, 0.15) is 12.4 Å². The molecule has 7 rings (SSSR count). The van der Waals surface area contributed by atoms with E-state index < -0.39 is 5.92 Å². The number of carbonyl (C=O) groups excluding carboxylic acids is 2. The Morgan fingerprint density at radius 1 is 0.879 bits per heavy atom. The molecule has 3 aliphatic rings. The zero-order valence-corrected chi connectivity index (χ0v) is 18.1. The van der Waals surface area contributed by atoms with Gasteiger partial charge in [0.2, 0.25) is 11.8 Å². The molecule has 1 saturated heterocycles. The summed E-state index contributed by atoms with van der Waals surface area (Å²) >= 11 is 0. The third kappa shape index (κ3) is 2.42. The molecule has 0 radical (unpaired) electrons. The predicted octanol–water partition coefficient (Wildman–Crippen LogP) is 5.18. The van der Waals surface area contributed by atoms with Crippen molar-refractivity contribution in [3.8, 4) is 5.75 Å². The quantitative estimate of drug-likeness (QED) is 0.332. The summed E-state index contributed by atoms with van der Waals surface area (Å²) in [6, 6.07) is 21.6. The van der Waals surface area contributed by atoms with Gasteiger partial charge >= 0.3 is 0 Å². The molecule has 3 aromatic carbocycles. The van der Waals surface area contributed by atoms with Crippen molar-refractivity contribution in [3.63, 3.8) is 0 Å². The largest absolute Gasteiger partial charge is 0.489 e. The number of hydrogen-bond acceptors (Lipinski definition) is 3. The van der Waals surface area contributed by atoms with Gasteiger partial charge in [-0.1, -0.05) is 49.4 Å². The van der Waals surface area contributed by atoms with Crippen molar-refractivity contribution in [2.24, 2.45) is 17.8 Å². The van der Waals surface area contributed by atoms with Gasteiger partial charge in [-0.25, -0.2) is 0 Å². The number of hydrogen-bond donors (Lipinski definition) is 1. The van der Waals surface area contributed by atoms with E-state index in [-0.39, 0.29) is 29.6 Å². The van der Waals surface area contributed by atoms with Gasteiger partial charge in [-0.3, -0.25) is 14.5 Å². The summed E-state index contributed by atoms with van der Waals surface area (Å²) in [7, 11) is 0. The molecule has 4 aromatic rings. The van der Waals surface area contributed by atoms with Crippen LogP contribution >= 0.6 is 0 Å². The van der Waals surface area contributed by atoms with Gasteiger partial charge in [-0.05, 0) is 41.8 Å². The average Bonchev–Trinajstić information content (AvgIpc) is 3.34. The van der Waals surface area contributed by atoms with Crippen molar-refractivity contribution >= 4 is 39.3 Å². The van der Waals surface area contributed by atoms with Crippen molar-refractivity contribution in [1.82, 2.24) is 4.98 Å². The first-order chi connectivity index (χ1) is 16.1. The lowest BCUT2D eigenvalue weighted by Crippen LogP contribution is -2.37. The Bertz CT molecular complexity index is 1500. The SMILES string of the molecule is C[C@H]1C=C2COc3ccc4c([nH]c5ccccc54)c3[C@H]2[C@H]2C(=O)N(c3ccccc3)C(=O)[C@H]21. The summed E-state index contributed by atoms with van der Waals surface area (Å²) in [5, 5.41) is 2.26. The van der Waals surface area contributed by atoms with Crippen LogP contribution in [-0.2, 0) is 9.59 Å². The number of fused-ring (bicyclic) bond motifs is 9. The maximum atomic E-state index is 13.9. The third-order valence-corrected chi connectivity index (χ3v) is 7.60. The van der Waals surface area contributed by atoms with Gasteiger partial charge in [-0.2, -0.15) is 0 Å². The fourth-order valence-electron chi connectivity index (χ4n) is 6.24. The summed E-state index contributed by atoms with van der Waals surface area (Å²) in [5.41, 5.74) is 4.79. The Morgan fingerprint density at radius 2 is 1.64 bits per heavy atom. The topological polar surface area (TPSA) is 62.4 Å². The number of rotatable bonds is 1. The number of nitrogens with zero attached hydrogens (tertiary/aromatic N) is 1. The van der Waals surface area contributed by atoms with Crippen molar-refractivity contribution in [2.75, 3.05) is 11.5 Å². The second-order valence-corrected chi connectivity index (χ2v) is 9.34. The van der Waals surface area contributed by atoms with Crippen molar-refractivity contribution in [1.29, 1.82) is 0 Å². The summed E-state index contributed by atoms with van der Waals surface area (Å²) in [4.78, 5) is 32.5. The minimum Gasteiger partial charge on any atom is -0.489 e. The Kier molecular flexibility index (Phi) is 3.72. The van der Waals surface area contributed by atoms with Crippen LogP contribution < -0.4 is 9.64 Å². The zero-order valence-electron chi connectivity index (χ0n) is 18.1. The maximum absolute atomic E-state index is 13.9. The average molecular weight is 434 g/mol. The highest BCUT2D eigenvalue weighted by molar-refractivity contribution is 6.23. The first-order valence-electron chi connectivity index (χ1n) is 11.4. The Labute approximate surface area is 190 Å². The van der Waals surface area contributed by atoms with Crippen LogP contribution in [0.25, 0.3) is 21.8 Å². The molecule has 1 N–H and O–H groups in total. The number of para-hydroxylation sites is 2. The molecule has 4 atom stereocenters. The van der Waals surface area contributed by atoms with E-state index in [2.05, 4.69) is 29.3 Å². The van der Waals surface area contributed by atoms with Gasteiger partial charge in [-0.15, -0.1) is 0 Å². The van der Waals surface area contributed by atoms with E-state index in [4.69, 9.17) is 4.74 Å². The molecule has 1 aliphatic carbocycles. The van der Waals surface area contributed by atoms with Crippen LogP contribution in [0.3, 0.4) is 0 Å². The monoisotopic (exact) mass is 434 g/mol. The highest BCUT2D eigenvalue weighted by Crippen LogP contribution is 2.55. The lowest BCUT2D eigenvalue weighted by Gasteiger charge is -2.39. The lowest BCUT2D eigenvalue weighted by atomic mass is 9.65. The van der Waals surface area contributed by atoms with Crippen molar-refractivity contribution in [2.45, 2.75) is 12.8 Å². The zero-order chi connectivity index (χ0) is 22.3. The fraction of sp³-hybridized carbons (Fsp3) is 0.214. The fourth-order valence-corrected chi connectivity index (χ4v) is 6.24. The van der Waals surface area contributed by atoms with Crippen molar-refractivity contribution in [3.05, 3.63) is 83.9 Å². The number of benzene rings is 3. The van der Waals surface area contributed by atoms with E-state index in [0.29, 0.717) is 12.3 Å². The van der Waals surface area contributed by atoms with Crippen LogP contribution in [-0.4, -0.2) is 23.4 Å². The molecule has 1 fully saturated rings. The molecule has 3 heterocycles. The van der Waals surface area contributed by atoms with E-state index >= 15 is 0 Å². The third-order valence-electron chi connectivity index (χ3n) is 7.60. The van der Waals surface area contributed by atoms with Crippen molar-refractivity contribution < 1.29 is 14.3 Å². The minimum absolute atomic E-state index is 0.0292. The molecule has 2 aliphatic heterocycles.